The van der Waals surface area contributed by atoms with Crippen molar-refractivity contribution < 1.29 is 4.79 Å². The highest BCUT2D eigenvalue weighted by molar-refractivity contribution is 5.82. The van der Waals surface area contributed by atoms with Crippen molar-refractivity contribution in [3.8, 4) is 0 Å². The second kappa shape index (κ2) is 2.37. The first-order chi connectivity index (χ1) is 4.57. The van der Waals surface area contributed by atoms with E-state index in [-0.39, 0.29) is 5.41 Å². The molecular weight excluding hydrogens is 124 g/mol. The van der Waals surface area contributed by atoms with Gasteiger partial charge in [-0.15, -0.1) is 0 Å². The molecule has 0 spiro atoms. The molecule has 0 aliphatic heterocycles. The highest BCUT2D eigenvalue weighted by atomic mass is 16.1. The molecule has 0 radical (unpaired) electrons. The van der Waals surface area contributed by atoms with Gasteiger partial charge >= 0.3 is 0 Å². The van der Waals surface area contributed by atoms with Crippen molar-refractivity contribution in [2.75, 3.05) is 0 Å². The molecule has 0 unspecified atom stereocenters. The maximum absolute atomic E-state index is 11.2. The predicted octanol–water partition coefficient (Wildman–Crippen LogP) is 2.40. The Hall–Kier alpha value is -0.330. The SMILES string of the molecule is CC(=O)[C@@]1(C)CCC[C@@H]1C. The van der Waals surface area contributed by atoms with Crippen molar-refractivity contribution >= 4 is 5.78 Å². The molecule has 1 fully saturated rings. The lowest BCUT2D eigenvalue weighted by molar-refractivity contribution is -0.127. The first kappa shape index (κ1) is 7.77. The molecular formula is C9H16O. The highest BCUT2D eigenvalue weighted by Gasteiger charge is 2.39. The molecule has 0 aromatic heterocycles. The zero-order valence-electron chi connectivity index (χ0n) is 7.11. The van der Waals surface area contributed by atoms with E-state index in [0.29, 0.717) is 11.7 Å². The van der Waals surface area contributed by atoms with Gasteiger partial charge in [-0.05, 0) is 25.7 Å². The Balaban J connectivity index is 2.75. The van der Waals surface area contributed by atoms with E-state index in [9.17, 15) is 4.79 Å². The summed E-state index contributed by atoms with van der Waals surface area (Å²) in [6.45, 7) is 6.02. The fraction of sp³-hybridized carbons (Fsp3) is 0.889. The van der Waals surface area contributed by atoms with Crippen LogP contribution in [0.5, 0.6) is 0 Å². The highest BCUT2D eigenvalue weighted by Crippen LogP contribution is 2.43. The van der Waals surface area contributed by atoms with E-state index in [1.54, 1.807) is 6.92 Å². The number of ketones is 1. The molecule has 0 heterocycles. The van der Waals surface area contributed by atoms with Crippen LogP contribution in [-0.4, -0.2) is 5.78 Å². The third-order valence-corrected chi connectivity index (χ3v) is 3.23. The van der Waals surface area contributed by atoms with E-state index in [4.69, 9.17) is 0 Å². The summed E-state index contributed by atoms with van der Waals surface area (Å²) in [5.74, 6) is 0.975. The van der Waals surface area contributed by atoms with Gasteiger partial charge in [-0.1, -0.05) is 20.3 Å². The number of rotatable bonds is 1. The van der Waals surface area contributed by atoms with Gasteiger partial charge in [0.25, 0.3) is 0 Å². The monoisotopic (exact) mass is 140 g/mol. The first-order valence-electron chi connectivity index (χ1n) is 4.08. The summed E-state index contributed by atoms with van der Waals surface area (Å²) in [6, 6.07) is 0. The van der Waals surface area contributed by atoms with Crippen LogP contribution in [0.2, 0.25) is 0 Å². The van der Waals surface area contributed by atoms with Gasteiger partial charge < -0.3 is 0 Å². The molecule has 10 heavy (non-hydrogen) atoms. The van der Waals surface area contributed by atoms with Gasteiger partial charge in [-0.3, -0.25) is 4.79 Å². The van der Waals surface area contributed by atoms with Crippen LogP contribution in [-0.2, 0) is 4.79 Å². The van der Waals surface area contributed by atoms with Crippen molar-refractivity contribution in [3.05, 3.63) is 0 Å². The molecule has 0 bridgehead atoms. The van der Waals surface area contributed by atoms with Crippen LogP contribution in [0.4, 0.5) is 0 Å². The summed E-state index contributed by atoms with van der Waals surface area (Å²) >= 11 is 0. The zero-order chi connectivity index (χ0) is 7.78. The van der Waals surface area contributed by atoms with Gasteiger partial charge in [-0.2, -0.15) is 0 Å². The Morgan fingerprint density at radius 3 is 2.40 bits per heavy atom. The van der Waals surface area contributed by atoms with Crippen LogP contribution in [0.25, 0.3) is 0 Å². The van der Waals surface area contributed by atoms with Gasteiger partial charge in [0.15, 0.2) is 0 Å². The molecule has 0 amide bonds. The van der Waals surface area contributed by atoms with E-state index >= 15 is 0 Å². The van der Waals surface area contributed by atoms with Gasteiger partial charge in [0, 0.05) is 5.41 Å². The van der Waals surface area contributed by atoms with Gasteiger partial charge in [0.05, 0.1) is 0 Å². The number of carbonyl (C=O) groups is 1. The Morgan fingerprint density at radius 2 is 2.20 bits per heavy atom. The fourth-order valence-corrected chi connectivity index (χ4v) is 1.86. The second-order valence-corrected chi connectivity index (χ2v) is 3.77. The van der Waals surface area contributed by atoms with E-state index in [2.05, 4.69) is 13.8 Å². The van der Waals surface area contributed by atoms with Crippen molar-refractivity contribution in [2.45, 2.75) is 40.0 Å². The van der Waals surface area contributed by atoms with Crippen molar-refractivity contribution in [2.24, 2.45) is 11.3 Å². The van der Waals surface area contributed by atoms with Crippen molar-refractivity contribution in [1.29, 1.82) is 0 Å². The predicted molar refractivity (Wildman–Crippen MR) is 41.8 cm³/mol. The van der Waals surface area contributed by atoms with Gasteiger partial charge in [-0.25, -0.2) is 0 Å². The Bertz CT molecular complexity index is 151. The number of Topliss-reactive ketones (excluding diaryl/α,β-unsaturated/α-hetero) is 1. The van der Waals surface area contributed by atoms with Crippen molar-refractivity contribution in [1.82, 2.24) is 0 Å². The molecule has 2 atom stereocenters. The second-order valence-electron chi connectivity index (χ2n) is 3.77. The van der Waals surface area contributed by atoms with Crippen LogP contribution < -0.4 is 0 Å². The summed E-state index contributed by atoms with van der Waals surface area (Å²) in [5, 5.41) is 0. The van der Waals surface area contributed by atoms with Crippen LogP contribution in [0.3, 0.4) is 0 Å². The van der Waals surface area contributed by atoms with Crippen LogP contribution in [0, 0.1) is 11.3 Å². The number of carbonyl (C=O) groups excluding carboxylic acids is 1. The molecule has 0 N–H and O–H groups in total. The third kappa shape index (κ3) is 0.979. The lowest BCUT2D eigenvalue weighted by atomic mass is 9.78. The van der Waals surface area contributed by atoms with Crippen molar-refractivity contribution in [3.63, 3.8) is 0 Å². The maximum atomic E-state index is 11.2. The largest absolute Gasteiger partial charge is 0.299 e. The smallest absolute Gasteiger partial charge is 0.135 e. The molecule has 0 saturated heterocycles. The summed E-state index contributed by atoms with van der Waals surface area (Å²) < 4.78 is 0. The number of hydrogen-bond donors (Lipinski definition) is 0. The topological polar surface area (TPSA) is 17.1 Å². The summed E-state index contributed by atoms with van der Waals surface area (Å²) in [6.07, 6.45) is 3.57. The molecule has 1 saturated carbocycles. The third-order valence-electron chi connectivity index (χ3n) is 3.23. The normalized spacial score (nSPS) is 40.1. The quantitative estimate of drug-likeness (QED) is 0.546. The molecule has 1 rings (SSSR count). The molecule has 1 nitrogen and oxygen atoms in total. The Morgan fingerprint density at radius 1 is 1.60 bits per heavy atom. The maximum Gasteiger partial charge on any atom is 0.135 e. The average molecular weight is 140 g/mol. The fourth-order valence-electron chi connectivity index (χ4n) is 1.86. The van der Waals surface area contributed by atoms with E-state index in [1.165, 1.54) is 12.8 Å². The first-order valence-corrected chi connectivity index (χ1v) is 4.08. The van der Waals surface area contributed by atoms with Gasteiger partial charge in [0.1, 0.15) is 5.78 Å². The average Bonchev–Trinajstić information content (AvgIpc) is 2.15. The minimum atomic E-state index is 0.0139. The Labute approximate surface area is 62.8 Å². The minimum Gasteiger partial charge on any atom is -0.299 e. The molecule has 1 heteroatoms. The summed E-state index contributed by atoms with van der Waals surface area (Å²) in [4.78, 5) is 11.2. The summed E-state index contributed by atoms with van der Waals surface area (Å²) in [7, 11) is 0. The molecule has 0 aromatic rings. The standard InChI is InChI=1S/C9H16O/c1-7-5-4-6-9(7,3)8(2)10/h7H,4-6H2,1-3H3/t7-,9-/m0/s1. The van der Waals surface area contributed by atoms with Crippen LogP contribution >= 0.6 is 0 Å². The molecule has 1 aliphatic carbocycles. The lowest BCUT2D eigenvalue weighted by Gasteiger charge is -2.25. The van der Waals surface area contributed by atoms with Crippen LogP contribution in [0.15, 0.2) is 0 Å². The lowest BCUT2D eigenvalue weighted by Crippen LogP contribution is -2.27. The minimum absolute atomic E-state index is 0.0139. The van der Waals surface area contributed by atoms with E-state index in [1.807, 2.05) is 0 Å². The zero-order valence-corrected chi connectivity index (χ0v) is 7.11. The van der Waals surface area contributed by atoms with Crippen LogP contribution in [0.1, 0.15) is 40.0 Å². The number of hydrogen-bond acceptors (Lipinski definition) is 1. The summed E-state index contributed by atoms with van der Waals surface area (Å²) in [5.41, 5.74) is 0.0139. The van der Waals surface area contributed by atoms with E-state index < -0.39 is 0 Å². The van der Waals surface area contributed by atoms with Gasteiger partial charge in [0.2, 0.25) is 0 Å². The molecule has 0 aromatic carbocycles. The molecule has 58 valence electrons. The Kier molecular flexibility index (Phi) is 1.84. The molecule has 1 aliphatic rings. The van der Waals surface area contributed by atoms with E-state index in [0.717, 1.165) is 6.42 Å².